The Hall–Kier alpha value is -1.82. The van der Waals surface area contributed by atoms with Crippen LogP contribution in [0.25, 0.3) is 11.0 Å². The number of likely N-dealkylation sites (N-methyl/N-ethyl adjacent to an activating group) is 1. The number of nitrogens with two attached hydrogens (primary N) is 1. The summed E-state index contributed by atoms with van der Waals surface area (Å²) in [6, 6.07) is 0.541. The third kappa shape index (κ3) is 2.31. The Kier molecular flexibility index (Phi) is 3.41. The lowest BCUT2D eigenvalue weighted by Gasteiger charge is -2.27. The maximum absolute atomic E-state index is 6.16. The molecule has 1 saturated carbocycles. The van der Waals surface area contributed by atoms with E-state index < -0.39 is 0 Å². The number of H-pyrrole nitrogens is 1. The van der Waals surface area contributed by atoms with Crippen LogP contribution in [0.15, 0.2) is 0 Å². The standard InChI is InChI=1S/C16H24N6/c1-22-8-7-11-12(9-22)14(17)19-16-13(11)15(20-21-16)18-10-5-3-2-4-6-10/h10H,2-9H2,1H3,(H4,17,18,19,20,21). The fourth-order valence-corrected chi connectivity index (χ4v) is 3.84. The van der Waals surface area contributed by atoms with Gasteiger partial charge in [0.25, 0.3) is 0 Å². The van der Waals surface area contributed by atoms with Crippen molar-refractivity contribution in [2.45, 2.75) is 51.1 Å². The molecule has 1 aliphatic carbocycles. The van der Waals surface area contributed by atoms with Crippen LogP contribution in [-0.2, 0) is 13.0 Å². The van der Waals surface area contributed by atoms with E-state index in [1.807, 2.05) is 0 Å². The van der Waals surface area contributed by atoms with Gasteiger partial charge in [-0.15, -0.1) is 0 Å². The second kappa shape index (κ2) is 5.43. The number of rotatable bonds is 2. The van der Waals surface area contributed by atoms with Crippen molar-refractivity contribution < 1.29 is 0 Å². The van der Waals surface area contributed by atoms with Gasteiger partial charge in [0.05, 0.1) is 5.39 Å². The molecule has 0 atom stereocenters. The van der Waals surface area contributed by atoms with Crippen LogP contribution in [0.1, 0.15) is 43.2 Å². The van der Waals surface area contributed by atoms with E-state index in [2.05, 4.69) is 32.4 Å². The molecule has 0 aromatic carbocycles. The first-order chi connectivity index (χ1) is 10.7. The van der Waals surface area contributed by atoms with Crippen molar-refractivity contribution in [1.29, 1.82) is 0 Å². The van der Waals surface area contributed by atoms with Crippen LogP contribution in [0.5, 0.6) is 0 Å². The number of pyridine rings is 1. The molecule has 1 fully saturated rings. The Labute approximate surface area is 130 Å². The molecule has 0 unspecified atom stereocenters. The molecule has 3 heterocycles. The van der Waals surface area contributed by atoms with E-state index in [4.69, 9.17) is 5.73 Å². The topological polar surface area (TPSA) is 82.9 Å². The Morgan fingerprint density at radius 1 is 1.23 bits per heavy atom. The number of fused-ring (bicyclic) bond motifs is 3. The Bertz CT molecular complexity index is 685. The van der Waals surface area contributed by atoms with Gasteiger partial charge in [0, 0.05) is 24.7 Å². The molecule has 1 aliphatic heterocycles. The van der Waals surface area contributed by atoms with Gasteiger partial charge in [0.15, 0.2) is 11.5 Å². The van der Waals surface area contributed by atoms with Crippen molar-refractivity contribution in [3.63, 3.8) is 0 Å². The van der Waals surface area contributed by atoms with E-state index >= 15 is 0 Å². The zero-order valence-electron chi connectivity index (χ0n) is 13.2. The summed E-state index contributed by atoms with van der Waals surface area (Å²) in [6.45, 7) is 1.93. The monoisotopic (exact) mass is 300 g/mol. The highest BCUT2D eigenvalue weighted by atomic mass is 15.2. The van der Waals surface area contributed by atoms with Crippen molar-refractivity contribution in [3.8, 4) is 0 Å². The molecular formula is C16H24N6. The summed E-state index contributed by atoms with van der Waals surface area (Å²) in [5, 5.41) is 12.4. The normalized spacial score (nSPS) is 20.2. The van der Waals surface area contributed by atoms with Crippen molar-refractivity contribution in [2.75, 3.05) is 24.6 Å². The van der Waals surface area contributed by atoms with Gasteiger partial charge in [-0.3, -0.25) is 5.10 Å². The molecule has 118 valence electrons. The summed E-state index contributed by atoms with van der Waals surface area (Å²) in [5.41, 5.74) is 9.48. The summed E-state index contributed by atoms with van der Waals surface area (Å²) in [5.74, 6) is 1.61. The average molecular weight is 300 g/mol. The van der Waals surface area contributed by atoms with Gasteiger partial charge in [-0.1, -0.05) is 19.3 Å². The van der Waals surface area contributed by atoms with Gasteiger partial charge < -0.3 is 16.0 Å². The van der Waals surface area contributed by atoms with Crippen molar-refractivity contribution in [3.05, 3.63) is 11.1 Å². The van der Waals surface area contributed by atoms with Crippen molar-refractivity contribution in [2.24, 2.45) is 0 Å². The zero-order valence-corrected chi connectivity index (χ0v) is 13.2. The number of hydrogen-bond acceptors (Lipinski definition) is 5. The van der Waals surface area contributed by atoms with Gasteiger partial charge in [-0.2, -0.15) is 5.10 Å². The van der Waals surface area contributed by atoms with Crippen molar-refractivity contribution in [1.82, 2.24) is 20.1 Å². The number of hydrogen-bond donors (Lipinski definition) is 3. The van der Waals surface area contributed by atoms with Crippen LogP contribution >= 0.6 is 0 Å². The molecule has 4 N–H and O–H groups in total. The predicted molar refractivity (Wildman–Crippen MR) is 88.8 cm³/mol. The molecule has 2 aromatic heterocycles. The molecule has 2 aliphatic rings. The maximum Gasteiger partial charge on any atom is 0.160 e. The molecule has 0 saturated heterocycles. The van der Waals surface area contributed by atoms with E-state index in [0.717, 1.165) is 36.4 Å². The molecular weight excluding hydrogens is 276 g/mol. The second-order valence-corrected chi connectivity index (χ2v) is 6.72. The van der Waals surface area contributed by atoms with Crippen molar-refractivity contribution >= 4 is 22.7 Å². The van der Waals surface area contributed by atoms with E-state index in [1.54, 1.807) is 0 Å². The maximum atomic E-state index is 6.16. The largest absolute Gasteiger partial charge is 0.383 e. The number of aromatic nitrogens is 3. The quantitative estimate of drug-likeness (QED) is 0.792. The fraction of sp³-hybridized carbons (Fsp3) is 0.625. The van der Waals surface area contributed by atoms with E-state index in [0.29, 0.717) is 11.9 Å². The summed E-state index contributed by atoms with van der Waals surface area (Å²) in [4.78, 5) is 6.82. The fourth-order valence-electron chi connectivity index (χ4n) is 3.84. The van der Waals surface area contributed by atoms with Gasteiger partial charge in [-0.25, -0.2) is 4.98 Å². The molecule has 0 amide bonds. The molecule has 2 aromatic rings. The van der Waals surface area contributed by atoms with Gasteiger partial charge in [0.1, 0.15) is 5.82 Å². The first-order valence-corrected chi connectivity index (χ1v) is 8.33. The smallest absolute Gasteiger partial charge is 0.160 e. The number of nitrogens with one attached hydrogen (secondary N) is 2. The lowest BCUT2D eigenvalue weighted by atomic mass is 9.94. The van der Waals surface area contributed by atoms with Crippen LogP contribution < -0.4 is 11.1 Å². The number of nitrogens with zero attached hydrogens (tertiary/aromatic N) is 3. The lowest BCUT2D eigenvalue weighted by molar-refractivity contribution is 0.314. The predicted octanol–water partition coefficient (Wildman–Crippen LogP) is 2.27. The number of anilines is 2. The van der Waals surface area contributed by atoms with Gasteiger partial charge in [0.2, 0.25) is 0 Å². The van der Waals surface area contributed by atoms with E-state index in [9.17, 15) is 0 Å². The lowest BCUT2D eigenvalue weighted by Crippen LogP contribution is -2.28. The highest BCUT2D eigenvalue weighted by Gasteiger charge is 2.24. The Morgan fingerprint density at radius 3 is 2.86 bits per heavy atom. The van der Waals surface area contributed by atoms with Crippen LogP contribution in [-0.4, -0.2) is 39.7 Å². The SMILES string of the molecule is CN1CCc2c(c(N)nc3[nH]nc(NC4CCCCC4)c23)C1. The van der Waals surface area contributed by atoms with Crippen LogP contribution in [0, 0.1) is 0 Å². The molecule has 22 heavy (non-hydrogen) atoms. The highest BCUT2D eigenvalue weighted by molar-refractivity contribution is 5.93. The molecule has 6 heteroatoms. The Morgan fingerprint density at radius 2 is 2.05 bits per heavy atom. The summed E-state index contributed by atoms with van der Waals surface area (Å²) in [7, 11) is 2.13. The second-order valence-electron chi connectivity index (χ2n) is 6.72. The minimum Gasteiger partial charge on any atom is -0.383 e. The van der Waals surface area contributed by atoms with Gasteiger partial charge in [-0.05, 0) is 31.9 Å². The molecule has 0 bridgehead atoms. The third-order valence-corrected chi connectivity index (χ3v) is 5.07. The molecule has 0 spiro atoms. The average Bonchev–Trinajstić information content (AvgIpc) is 2.91. The molecule has 6 nitrogen and oxygen atoms in total. The van der Waals surface area contributed by atoms with Crippen LogP contribution in [0.2, 0.25) is 0 Å². The van der Waals surface area contributed by atoms with E-state index in [1.165, 1.54) is 43.2 Å². The minimum atomic E-state index is 0.541. The first-order valence-electron chi connectivity index (χ1n) is 8.33. The minimum absolute atomic E-state index is 0.541. The highest BCUT2D eigenvalue weighted by Crippen LogP contribution is 2.33. The van der Waals surface area contributed by atoms with Gasteiger partial charge >= 0.3 is 0 Å². The van der Waals surface area contributed by atoms with Crippen LogP contribution in [0.4, 0.5) is 11.6 Å². The summed E-state index contributed by atoms with van der Waals surface area (Å²) < 4.78 is 0. The first kappa shape index (κ1) is 13.8. The van der Waals surface area contributed by atoms with Crippen LogP contribution in [0.3, 0.4) is 0 Å². The Balaban J connectivity index is 1.75. The third-order valence-electron chi connectivity index (χ3n) is 5.07. The number of aromatic amines is 1. The molecule has 0 radical (unpaired) electrons. The number of nitrogen functional groups attached to an aromatic ring is 1. The summed E-state index contributed by atoms with van der Waals surface area (Å²) in [6.07, 6.45) is 7.47. The summed E-state index contributed by atoms with van der Waals surface area (Å²) >= 11 is 0. The zero-order chi connectivity index (χ0) is 15.1. The van der Waals surface area contributed by atoms with E-state index in [-0.39, 0.29) is 0 Å². The molecule has 4 rings (SSSR count).